The summed E-state index contributed by atoms with van der Waals surface area (Å²) < 4.78 is 10.5. The summed E-state index contributed by atoms with van der Waals surface area (Å²) in [5.74, 6) is 1.40. The molecule has 0 aliphatic carbocycles. The topological polar surface area (TPSA) is 116 Å². The Hall–Kier alpha value is -3.49. The number of methoxy groups -OCH3 is 2. The summed E-state index contributed by atoms with van der Waals surface area (Å²) >= 11 is 0. The van der Waals surface area contributed by atoms with Gasteiger partial charge in [0, 0.05) is 17.7 Å². The van der Waals surface area contributed by atoms with Gasteiger partial charge in [0.1, 0.15) is 0 Å². The number of non-ortho nitro benzene ring substituents is 1. The van der Waals surface area contributed by atoms with Crippen LogP contribution in [-0.4, -0.2) is 39.8 Å². The average Bonchev–Trinajstić information content (AvgIpc) is 3.15. The minimum Gasteiger partial charge on any atom is -0.493 e. The van der Waals surface area contributed by atoms with Crippen LogP contribution in [-0.2, 0) is 0 Å². The van der Waals surface area contributed by atoms with Gasteiger partial charge in [-0.1, -0.05) is 6.07 Å². The van der Waals surface area contributed by atoms with Crippen molar-refractivity contribution in [2.45, 2.75) is 0 Å². The lowest BCUT2D eigenvalue weighted by Gasteiger charge is -2.11. The molecule has 0 aliphatic rings. The van der Waals surface area contributed by atoms with Gasteiger partial charge < -0.3 is 9.47 Å². The van der Waals surface area contributed by atoms with Crippen molar-refractivity contribution in [3.63, 3.8) is 0 Å². The number of tetrazole rings is 1. The second-order valence-electron chi connectivity index (χ2n) is 4.79. The molecule has 24 heavy (non-hydrogen) atoms. The number of aromatic nitrogens is 4. The second kappa shape index (κ2) is 6.32. The van der Waals surface area contributed by atoms with E-state index in [1.165, 1.54) is 19.2 Å². The summed E-state index contributed by atoms with van der Waals surface area (Å²) in [5.41, 5.74) is 1.93. The minimum absolute atomic E-state index is 0.0565. The first-order valence-electron chi connectivity index (χ1n) is 6.88. The zero-order valence-corrected chi connectivity index (χ0v) is 12.9. The summed E-state index contributed by atoms with van der Waals surface area (Å²) in [6.07, 6.45) is 0. The van der Waals surface area contributed by atoms with Crippen LogP contribution >= 0.6 is 0 Å². The van der Waals surface area contributed by atoms with Gasteiger partial charge in [-0.3, -0.25) is 10.1 Å². The number of nitrogens with zero attached hydrogens (tertiary/aromatic N) is 4. The number of H-pyrrole nitrogens is 1. The van der Waals surface area contributed by atoms with Crippen LogP contribution in [0.15, 0.2) is 36.4 Å². The molecule has 9 heteroatoms. The number of benzene rings is 2. The van der Waals surface area contributed by atoms with E-state index in [1.54, 1.807) is 25.3 Å². The Kier molecular flexibility index (Phi) is 4.06. The molecule has 0 atom stereocenters. The second-order valence-corrected chi connectivity index (χ2v) is 4.79. The van der Waals surface area contributed by atoms with Crippen molar-refractivity contribution < 1.29 is 14.4 Å². The van der Waals surface area contributed by atoms with Crippen molar-refractivity contribution in [3.8, 4) is 34.0 Å². The molecule has 0 unspecified atom stereocenters. The number of hydrogen-bond donors (Lipinski definition) is 1. The highest BCUT2D eigenvalue weighted by Gasteiger charge is 2.17. The molecule has 1 heterocycles. The lowest BCUT2D eigenvalue weighted by Crippen LogP contribution is -1.94. The summed E-state index contributed by atoms with van der Waals surface area (Å²) in [4.78, 5) is 10.6. The van der Waals surface area contributed by atoms with Crippen molar-refractivity contribution in [1.82, 2.24) is 20.6 Å². The fourth-order valence-corrected chi connectivity index (χ4v) is 2.36. The quantitative estimate of drug-likeness (QED) is 0.565. The van der Waals surface area contributed by atoms with Gasteiger partial charge in [-0.05, 0) is 34.5 Å². The predicted molar refractivity (Wildman–Crippen MR) is 84.8 cm³/mol. The Bertz CT molecular complexity index is 880. The van der Waals surface area contributed by atoms with Gasteiger partial charge in [0.2, 0.25) is 5.82 Å². The highest BCUT2D eigenvalue weighted by Crippen LogP contribution is 2.37. The third-order valence-electron chi connectivity index (χ3n) is 3.49. The van der Waals surface area contributed by atoms with E-state index < -0.39 is 4.92 Å². The number of hydrogen-bond acceptors (Lipinski definition) is 7. The normalized spacial score (nSPS) is 10.4. The Balaban J connectivity index is 2.19. The first-order chi connectivity index (χ1) is 11.6. The molecule has 1 aromatic heterocycles. The summed E-state index contributed by atoms with van der Waals surface area (Å²) in [5, 5.41) is 24.8. The van der Waals surface area contributed by atoms with Gasteiger partial charge in [-0.2, -0.15) is 5.21 Å². The monoisotopic (exact) mass is 327 g/mol. The van der Waals surface area contributed by atoms with Crippen LogP contribution in [0.25, 0.3) is 22.5 Å². The number of ether oxygens (including phenoxy) is 2. The Morgan fingerprint density at radius 1 is 1.04 bits per heavy atom. The van der Waals surface area contributed by atoms with Crippen LogP contribution < -0.4 is 9.47 Å². The first kappa shape index (κ1) is 15.4. The van der Waals surface area contributed by atoms with Crippen molar-refractivity contribution in [2.75, 3.05) is 14.2 Å². The molecule has 0 bridgehead atoms. The lowest BCUT2D eigenvalue weighted by atomic mass is 9.98. The summed E-state index contributed by atoms with van der Waals surface area (Å²) in [7, 11) is 3.09. The van der Waals surface area contributed by atoms with E-state index in [9.17, 15) is 10.1 Å². The zero-order chi connectivity index (χ0) is 17.1. The van der Waals surface area contributed by atoms with Crippen LogP contribution in [0.1, 0.15) is 0 Å². The Morgan fingerprint density at radius 2 is 1.83 bits per heavy atom. The third-order valence-corrected chi connectivity index (χ3v) is 3.49. The first-order valence-corrected chi connectivity index (χ1v) is 6.88. The van der Waals surface area contributed by atoms with E-state index in [2.05, 4.69) is 20.6 Å². The van der Waals surface area contributed by atoms with Gasteiger partial charge in [-0.25, -0.2) is 0 Å². The molecule has 0 saturated heterocycles. The molecule has 1 N–H and O–H groups in total. The van der Waals surface area contributed by atoms with Gasteiger partial charge in [-0.15, -0.1) is 10.2 Å². The van der Waals surface area contributed by atoms with E-state index >= 15 is 0 Å². The van der Waals surface area contributed by atoms with Crippen LogP contribution in [0.2, 0.25) is 0 Å². The standard InChI is InChI=1S/C15H13N5O4/c1-23-13-6-3-9(7-14(13)24-2)11-5-4-10(20(21)22)8-12(11)15-16-18-19-17-15/h3-8H,1-2H3,(H,16,17,18,19). The maximum Gasteiger partial charge on any atom is 0.270 e. The molecule has 0 amide bonds. The van der Waals surface area contributed by atoms with Crippen LogP contribution in [0.4, 0.5) is 5.69 Å². The number of nitro benzene ring substituents is 1. The summed E-state index contributed by atoms with van der Waals surface area (Å²) in [6.45, 7) is 0. The molecular formula is C15H13N5O4. The highest BCUT2D eigenvalue weighted by atomic mass is 16.6. The van der Waals surface area contributed by atoms with Gasteiger partial charge in [0.25, 0.3) is 5.69 Å². The molecule has 3 aromatic rings. The van der Waals surface area contributed by atoms with E-state index in [4.69, 9.17) is 9.47 Å². The minimum atomic E-state index is -0.470. The Morgan fingerprint density at radius 3 is 2.46 bits per heavy atom. The molecule has 0 radical (unpaired) electrons. The highest BCUT2D eigenvalue weighted by molar-refractivity contribution is 5.83. The van der Waals surface area contributed by atoms with Crippen molar-refractivity contribution in [1.29, 1.82) is 0 Å². The van der Waals surface area contributed by atoms with E-state index in [0.29, 0.717) is 22.6 Å². The van der Waals surface area contributed by atoms with Gasteiger partial charge >= 0.3 is 0 Å². The molecule has 0 saturated carbocycles. The number of rotatable bonds is 5. The molecule has 3 rings (SSSR count). The van der Waals surface area contributed by atoms with Crippen LogP contribution in [0, 0.1) is 10.1 Å². The van der Waals surface area contributed by atoms with E-state index in [-0.39, 0.29) is 11.5 Å². The summed E-state index contributed by atoms with van der Waals surface area (Å²) in [6, 6.07) is 9.85. The van der Waals surface area contributed by atoms with Crippen LogP contribution in [0.5, 0.6) is 11.5 Å². The number of nitrogens with one attached hydrogen (secondary N) is 1. The number of nitro groups is 1. The van der Waals surface area contributed by atoms with E-state index in [1.807, 2.05) is 6.07 Å². The van der Waals surface area contributed by atoms with Gasteiger partial charge in [0.15, 0.2) is 11.5 Å². The maximum atomic E-state index is 11.1. The molecule has 0 spiro atoms. The van der Waals surface area contributed by atoms with Crippen molar-refractivity contribution in [2.24, 2.45) is 0 Å². The molecule has 0 fully saturated rings. The fraction of sp³-hybridized carbons (Fsp3) is 0.133. The SMILES string of the molecule is COc1ccc(-c2ccc([N+](=O)[O-])cc2-c2nn[nH]n2)cc1OC. The largest absolute Gasteiger partial charge is 0.493 e. The molecule has 9 nitrogen and oxygen atoms in total. The third kappa shape index (κ3) is 2.74. The van der Waals surface area contributed by atoms with Crippen molar-refractivity contribution in [3.05, 3.63) is 46.5 Å². The van der Waals surface area contributed by atoms with Crippen LogP contribution in [0.3, 0.4) is 0 Å². The fourth-order valence-electron chi connectivity index (χ4n) is 2.36. The lowest BCUT2D eigenvalue weighted by molar-refractivity contribution is -0.384. The van der Waals surface area contributed by atoms with Gasteiger partial charge in [0.05, 0.1) is 19.1 Å². The van der Waals surface area contributed by atoms with Crippen molar-refractivity contribution >= 4 is 5.69 Å². The molecule has 2 aromatic carbocycles. The smallest absolute Gasteiger partial charge is 0.270 e. The average molecular weight is 327 g/mol. The zero-order valence-electron chi connectivity index (χ0n) is 12.9. The molecular weight excluding hydrogens is 314 g/mol. The van der Waals surface area contributed by atoms with E-state index in [0.717, 1.165) is 5.56 Å². The Labute approximate surface area is 136 Å². The maximum absolute atomic E-state index is 11.1. The predicted octanol–water partition coefficient (Wildman–Crippen LogP) is 2.46. The molecule has 122 valence electrons. The molecule has 0 aliphatic heterocycles. The number of aromatic amines is 1.